The van der Waals surface area contributed by atoms with Crippen LogP contribution in [-0.2, 0) is 27.1 Å². The van der Waals surface area contributed by atoms with Crippen LogP contribution >= 0.6 is 45.8 Å². The van der Waals surface area contributed by atoms with Crippen molar-refractivity contribution in [1.82, 2.24) is 25.2 Å². The van der Waals surface area contributed by atoms with Crippen LogP contribution in [0.15, 0.2) is 67.0 Å². The fourth-order valence-corrected chi connectivity index (χ4v) is 6.94. The number of amides is 3. The van der Waals surface area contributed by atoms with Crippen molar-refractivity contribution in [2.24, 2.45) is 0 Å². The Balaban J connectivity index is 1.21. The summed E-state index contributed by atoms with van der Waals surface area (Å²) >= 11 is 14.8. The largest absolute Gasteiger partial charge is 0.343 e. The maximum atomic E-state index is 14.3. The highest BCUT2D eigenvalue weighted by atomic mass is 127. The predicted molar refractivity (Wildman–Crippen MR) is 180 cm³/mol. The van der Waals surface area contributed by atoms with E-state index in [1.165, 1.54) is 11.1 Å². The first-order chi connectivity index (χ1) is 22.0. The second-order valence-electron chi connectivity index (χ2n) is 12.2. The molecule has 3 amide bonds. The molecule has 2 aliphatic carbocycles. The van der Waals surface area contributed by atoms with E-state index in [1.807, 2.05) is 12.1 Å². The molecular formula is C33H26Cl2IN7O3. The number of halogens is 3. The van der Waals surface area contributed by atoms with Crippen LogP contribution in [0.2, 0.25) is 10.0 Å². The van der Waals surface area contributed by atoms with Gasteiger partial charge in [0.1, 0.15) is 16.8 Å². The molecule has 2 saturated carbocycles. The number of nitriles is 1. The molecule has 0 spiro atoms. The second-order valence-corrected chi connectivity index (χ2v) is 14.4. The summed E-state index contributed by atoms with van der Waals surface area (Å²) in [7, 11) is 0. The molecule has 0 radical (unpaired) electrons. The molecule has 2 N–H and O–H groups in total. The molecule has 13 heteroatoms. The maximum Gasteiger partial charge on any atom is 0.270 e. The summed E-state index contributed by atoms with van der Waals surface area (Å²) in [6.07, 6.45) is 5.89. The fourth-order valence-electron chi connectivity index (χ4n) is 6.11. The first-order valence-corrected chi connectivity index (χ1v) is 16.5. The van der Waals surface area contributed by atoms with Gasteiger partial charge >= 0.3 is 0 Å². The number of anilines is 2. The first kappa shape index (κ1) is 30.7. The van der Waals surface area contributed by atoms with Crippen molar-refractivity contribution in [3.63, 3.8) is 0 Å². The Labute approximate surface area is 288 Å². The normalized spacial score (nSPS) is 20.1. The quantitative estimate of drug-likeness (QED) is 0.219. The smallest absolute Gasteiger partial charge is 0.270 e. The zero-order valence-electron chi connectivity index (χ0n) is 24.5. The van der Waals surface area contributed by atoms with Gasteiger partial charge < -0.3 is 10.6 Å². The number of nitrogens with one attached hydrogen (secondary N) is 2. The number of hydrogen-bond acceptors (Lipinski definition) is 6. The molecule has 3 aliphatic rings. The summed E-state index contributed by atoms with van der Waals surface area (Å²) < 4.78 is 2.62. The van der Waals surface area contributed by atoms with Gasteiger partial charge in [-0.25, -0.2) is 9.88 Å². The Morgan fingerprint density at radius 2 is 1.67 bits per heavy atom. The number of pyridine rings is 1. The van der Waals surface area contributed by atoms with Crippen LogP contribution < -0.4 is 15.5 Å². The van der Waals surface area contributed by atoms with Crippen LogP contribution in [0.1, 0.15) is 59.9 Å². The minimum absolute atomic E-state index is 0.134. The van der Waals surface area contributed by atoms with E-state index in [0.29, 0.717) is 34.1 Å². The number of carbonyl (C=O) groups excluding carboxylic acids is 3. The Morgan fingerprint density at radius 1 is 0.978 bits per heavy atom. The average Bonchev–Trinajstić information content (AvgIpc) is 3.92. The molecule has 1 atom stereocenters. The monoisotopic (exact) mass is 765 g/mol. The number of imidazole rings is 1. The molecule has 4 aromatic rings. The SMILES string of the molecule is C[C@@]1(Cc2ccc(C#N)cc2)C(=O)N(c2cc(Cl)cc(Cl)c2)c2ncc(C(=O)NC3(C(=O)NC4(c5ccc(I)cn5)CC4)CC3)n21. The average molecular weight is 766 g/mol. The minimum Gasteiger partial charge on any atom is -0.343 e. The van der Waals surface area contributed by atoms with Crippen LogP contribution in [-0.4, -0.2) is 37.8 Å². The molecule has 46 heavy (non-hydrogen) atoms. The number of benzene rings is 2. The van der Waals surface area contributed by atoms with E-state index >= 15 is 0 Å². The molecule has 7 rings (SSSR count). The Morgan fingerprint density at radius 3 is 2.26 bits per heavy atom. The molecule has 1 aliphatic heterocycles. The van der Waals surface area contributed by atoms with Gasteiger partial charge in [-0.05, 0) is 103 Å². The van der Waals surface area contributed by atoms with Gasteiger partial charge in [-0.3, -0.25) is 23.9 Å². The van der Waals surface area contributed by atoms with E-state index in [4.69, 9.17) is 23.2 Å². The van der Waals surface area contributed by atoms with E-state index in [-0.39, 0.29) is 29.9 Å². The van der Waals surface area contributed by atoms with Crippen LogP contribution in [0.4, 0.5) is 11.6 Å². The standard InChI is InChI=1S/C33H26Cl2IN7O3/c1-31(15-19-2-4-20(16-37)5-3-19)29(46)42(24-13-21(34)12-22(35)14-24)30-39-18-25(43(30)31)27(44)40-33(10-11-33)28(45)41-32(8-9-32)26-7-6-23(36)17-38-26/h2-7,12-14,17-18H,8-11,15H2,1H3,(H,40,44)(H,41,45)/t31-/m1/s1. The van der Waals surface area contributed by atoms with Crippen molar-refractivity contribution in [3.05, 3.63) is 103 Å². The maximum absolute atomic E-state index is 14.3. The third kappa shape index (κ3) is 5.22. The first-order valence-electron chi connectivity index (χ1n) is 14.6. The molecule has 232 valence electrons. The minimum atomic E-state index is -1.30. The van der Waals surface area contributed by atoms with Crippen LogP contribution in [0.5, 0.6) is 0 Å². The van der Waals surface area contributed by atoms with E-state index in [1.54, 1.807) is 60.2 Å². The Kier molecular flexibility index (Phi) is 7.38. The van der Waals surface area contributed by atoms with Crippen LogP contribution in [0, 0.1) is 14.9 Å². The number of aromatic nitrogens is 3. The highest BCUT2D eigenvalue weighted by Crippen LogP contribution is 2.47. The van der Waals surface area contributed by atoms with E-state index in [9.17, 15) is 19.6 Å². The van der Waals surface area contributed by atoms with Gasteiger partial charge in [0.15, 0.2) is 0 Å². The van der Waals surface area contributed by atoms with Gasteiger partial charge in [-0.15, -0.1) is 0 Å². The molecular weight excluding hydrogens is 740 g/mol. The van der Waals surface area contributed by atoms with Crippen molar-refractivity contribution in [2.45, 2.75) is 55.6 Å². The highest BCUT2D eigenvalue weighted by Gasteiger charge is 2.57. The lowest BCUT2D eigenvalue weighted by Gasteiger charge is -2.27. The summed E-state index contributed by atoms with van der Waals surface area (Å²) in [5, 5.41) is 16.1. The van der Waals surface area contributed by atoms with E-state index in [0.717, 1.165) is 27.7 Å². The summed E-state index contributed by atoms with van der Waals surface area (Å²) in [6, 6.07) is 17.7. The summed E-state index contributed by atoms with van der Waals surface area (Å²) in [6.45, 7) is 1.74. The lowest BCUT2D eigenvalue weighted by atomic mass is 9.91. The third-order valence-corrected chi connectivity index (χ3v) is 10.0. The summed E-state index contributed by atoms with van der Waals surface area (Å²) in [5.74, 6) is -0.896. The van der Waals surface area contributed by atoms with Crippen molar-refractivity contribution >= 4 is 75.2 Å². The molecule has 0 bridgehead atoms. The zero-order chi connectivity index (χ0) is 32.4. The highest BCUT2D eigenvalue weighted by molar-refractivity contribution is 14.1. The molecule has 2 fully saturated rings. The van der Waals surface area contributed by atoms with E-state index in [2.05, 4.69) is 49.3 Å². The van der Waals surface area contributed by atoms with Crippen LogP contribution in [0.3, 0.4) is 0 Å². The Hall–Kier alpha value is -3.99. The van der Waals surface area contributed by atoms with Gasteiger partial charge in [0.25, 0.3) is 11.8 Å². The molecule has 3 heterocycles. The van der Waals surface area contributed by atoms with Crippen molar-refractivity contribution in [3.8, 4) is 6.07 Å². The number of nitrogens with zero attached hydrogens (tertiary/aromatic N) is 5. The van der Waals surface area contributed by atoms with Crippen molar-refractivity contribution in [2.75, 3.05) is 4.90 Å². The second kappa shape index (κ2) is 11.1. The van der Waals surface area contributed by atoms with Gasteiger partial charge in [0.2, 0.25) is 11.9 Å². The number of carbonyl (C=O) groups is 3. The summed E-state index contributed by atoms with van der Waals surface area (Å²) in [4.78, 5) is 52.5. The zero-order valence-corrected chi connectivity index (χ0v) is 28.2. The predicted octanol–water partition coefficient (Wildman–Crippen LogP) is 5.77. The van der Waals surface area contributed by atoms with Crippen molar-refractivity contribution < 1.29 is 14.4 Å². The van der Waals surface area contributed by atoms with Gasteiger partial charge in [0, 0.05) is 26.2 Å². The topological polar surface area (TPSA) is 133 Å². The lowest BCUT2D eigenvalue weighted by molar-refractivity contribution is -0.125. The number of fused-ring (bicyclic) bond motifs is 1. The van der Waals surface area contributed by atoms with Crippen molar-refractivity contribution in [1.29, 1.82) is 5.26 Å². The van der Waals surface area contributed by atoms with Crippen LogP contribution in [0.25, 0.3) is 0 Å². The third-order valence-electron chi connectivity index (χ3n) is 8.93. The number of hydrogen-bond donors (Lipinski definition) is 2. The van der Waals surface area contributed by atoms with Gasteiger partial charge in [-0.1, -0.05) is 35.3 Å². The summed E-state index contributed by atoms with van der Waals surface area (Å²) in [5.41, 5.74) is -0.300. The number of rotatable bonds is 8. The Bertz CT molecular complexity index is 1940. The van der Waals surface area contributed by atoms with Gasteiger partial charge in [-0.2, -0.15) is 5.26 Å². The molecule has 0 saturated heterocycles. The molecule has 10 nitrogen and oxygen atoms in total. The fraction of sp³-hybridized carbons (Fsp3) is 0.273. The van der Waals surface area contributed by atoms with Gasteiger partial charge in [0.05, 0.1) is 34.7 Å². The molecule has 2 aromatic heterocycles. The molecule has 0 unspecified atom stereocenters. The van der Waals surface area contributed by atoms with E-state index < -0.39 is 22.5 Å². The lowest BCUT2D eigenvalue weighted by Crippen LogP contribution is -2.52. The molecule has 2 aromatic carbocycles.